The monoisotopic (exact) mass is 375 g/mol. The van der Waals surface area contributed by atoms with E-state index in [0.29, 0.717) is 17.6 Å². The number of aromatic hydroxyl groups is 1. The number of fused-ring (bicyclic) bond motifs is 3. The maximum absolute atomic E-state index is 10.3. The fourth-order valence-corrected chi connectivity index (χ4v) is 4.37. The summed E-state index contributed by atoms with van der Waals surface area (Å²) in [4.78, 5) is 0. The van der Waals surface area contributed by atoms with Crippen LogP contribution in [0.25, 0.3) is 0 Å². The fourth-order valence-electron chi connectivity index (χ4n) is 3.65. The minimum Gasteiger partial charge on any atom is -0.506 e. The Labute approximate surface area is 142 Å². The summed E-state index contributed by atoms with van der Waals surface area (Å²) in [6.45, 7) is 0. The molecule has 0 aromatic heterocycles. The van der Waals surface area contributed by atoms with Gasteiger partial charge in [0.05, 0.1) is 11.7 Å². The second-order valence-corrected chi connectivity index (χ2v) is 7.17. The van der Waals surface area contributed by atoms with Gasteiger partial charge in [-0.05, 0) is 42.2 Å². The number of nitrogens with one attached hydrogen (secondary N) is 1. The van der Waals surface area contributed by atoms with Gasteiger partial charge in [0.1, 0.15) is 5.75 Å². The predicted octanol–water partition coefficient (Wildman–Crippen LogP) is 5.63. The van der Waals surface area contributed by atoms with Gasteiger partial charge in [-0.15, -0.1) is 0 Å². The molecule has 22 heavy (non-hydrogen) atoms. The van der Waals surface area contributed by atoms with Crippen LogP contribution in [0.5, 0.6) is 5.75 Å². The summed E-state index contributed by atoms with van der Waals surface area (Å²) >= 11 is 9.65. The van der Waals surface area contributed by atoms with E-state index in [-0.39, 0.29) is 6.04 Å². The standard InChI is InChI=1S/C18H15BrClNO/c19-14-8-9-15(22)18-16(14)12-2-1-3-13(12)17(21-18)10-4-6-11(20)7-5-10/h1-2,4-9,12-13,17,21-22H,3H2/t12-,13+,17-/m1/s1. The Bertz CT molecular complexity index is 756. The van der Waals surface area contributed by atoms with Crippen LogP contribution in [-0.4, -0.2) is 5.11 Å². The smallest absolute Gasteiger partial charge is 0.139 e. The summed E-state index contributed by atoms with van der Waals surface area (Å²) in [5.74, 6) is 1.07. The second kappa shape index (κ2) is 5.32. The van der Waals surface area contributed by atoms with Crippen LogP contribution in [-0.2, 0) is 0 Å². The molecule has 1 heterocycles. The van der Waals surface area contributed by atoms with E-state index in [1.165, 1.54) is 5.56 Å². The second-order valence-electron chi connectivity index (χ2n) is 5.88. The lowest BCUT2D eigenvalue weighted by Gasteiger charge is -2.38. The quantitative estimate of drug-likeness (QED) is 0.499. The maximum Gasteiger partial charge on any atom is 0.139 e. The summed E-state index contributed by atoms with van der Waals surface area (Å²) in [7, 11) is 0. The van der Waals surface area contributed by atoms with Crippen molar-refractivity contribution in [2.75, 3.05) is 5.32 Å². The molecule has 112 valence electrons. The van der Waals surface area contributed by atoms with Gasteiger partial charge >= 0.3 is 0 Å². The minimum atomic E-state index is 0.171. The molecule has 0 spiro atoms. The van der Waals surface area contributed by atoms with Crippen molar-refractivity contribution < 1.29 is 5.11 Å². The first-order valence-electron chi connectivity index (χ1n) is 7.35. The van der Waals surface area contributed by atoms with Gasteiger partial charge in [0.2, 0.25) is 0 Å². The van der Waals surface area contributed by atoms with E-state index < -0.39 is 0 Å². The van der Waals surface area contributed by atoms with Gasteiger partial charge in [-0.25, -0.2) is 0 Å². The molecule has 0 unspecified atom stereocenters. The first kappa shape index (κ1) is 14.2. The number of phenolic OH excluding ortho intramolecular Hbond substituents is 1. The molecule has 1 aliphatic heterocycles. The van der Waals surface area contributed by atoms with Gasteiger partial charge in [-0.1, -0.05) is 51.8 Å². The van der Waals surface area contributed by atoms with Crippen LogP contribution in [0.1, 0.15) is 29.5 Å². The molecular formula is C18H15BrClNO. The summed E-state index contributed by atoms with van der Waals surface area (Å²) in [6, 6.07) is 11.8. The number of benzene rings is 2. The van der Waals surface area contributed by atoms with Crippen LogP contribution >= 0.6 is 27.5 Å². The van der Waals surface area contributed by atoms with E-state index in [4.69, 9.17) is 11.6 Å². The normalized spacial score (nSPS) is 25.5. The number of hydrogen-bond donors (Lipinski definition) is 2. The van der Waals surface area contributed by atoms with Crippen molar-refractivity contribution in [3.8, 4) is 5.75 Å². The number of phenols is 1. The summed E-state index contributed by atoms with van der Waals surface area (Å²) in [5.41, 5.74) is 3.19. The van der Waals surface area contributed by atoms with Gasteiger partial charge < -0.3 is 10.4 Å². The van der Waals surface area contributed by atoms with E-state index in [2.05, 4.69) is 45.5 Å². The molecule has 0 amide bonds. The van der Waals surface area contributed by atoms with Crippen LogP contribution in [0.4, 0.5) is 5.69 Å². The van der Waals surface area contributed by atoms with Crippen LogP contribution in [0.2, 0.25) is 5.02 Å². The molecule has 2 aromatic carbocycles. The Balaban J connectivity index is 1.84. The Morgan fingerprint density at radius 3 is 2.68 bits per heavy atom. The molecule has 4 rings (SSSR count). The molecule has 2 aromatic rings. The highest BCUT2D eigenvalue weighted by Crippen LogP contribution is 2.54. The van der Waals surface area contributed by atoms with Crippen molar-refractivity contribution in [2.24, 2.45) is 5.92 Å². The molecule has 0 saturated carbocycles. The highest BCUT2D eigenvalue weighted by molar-refractivity contribution is 9.10. The maximum atomic E-state index is 10.3. The molecule has 0 radical (unpaired) electrons. The third-order valence-corrected chi connectivity index (χ3v) is 5.62. The number of hydrogen-bond acceptors (Lipinski definition) is 2. The molecule has 2 nitrogen and oxygen atoms in total. The van der Waals surface area contributed by atoms with Crippen LogP contribution in [0.3, 0.4) is 0 Å². The third kappa shape index (κ3) is 2.15. The third-order valence-electron chi connectivity index (χ3n) is 4.67. The van der Waals surface area contributed by atoms with Crippen molar-refractivity contribution in [3.05, 3.63) is 69.2 Å². The lowest BCUT2D eigenvalue weighted by atomic mass is 9.77. The van der Waals surface area contributed by atoms with Gasteiger partial charge in [0.25, 0.3) is 0 Å². The van der Waals surface area contributed by atoms with E-state index in [1.54, 1.807) is 6.07 Å². The van der Waals surface area contributed by atoms with Gasteiger partial charge in [0, 0.05) is 21.0 Å². The van der Waals surface area contributed by atoms with Crippen LogP contribution in [0, 0.1) is 5.92 Å². The molecule has 3 atom stereocenters. The zero-order chi connectivity index (χ0) is 15.3. The highest BCUT2D eigenvalue weighted by Gasteiger charge is 2.39. The van der Waals surface area contributed by atoms with E-state index in [1.807, 2.05) is 18.2 Å². The molecule has 4 heteroatoms. The highest BCUT2D eigenvalue weighted by atomic mass is 79.9. The van der Waals surface area contributed by atoms with Crippen LogP contribution in [0.15, 0.2) is 53.0 Å². The van der Waals surface area contributed by atoms with Crippen LogP contribution < -0.4 is 5.32 Å². The average Bonchev–Trinajstić information content (AvgIpc) is 3.00. The van der Waals surface area contributed by atoms with Crippen molar-refractivity contribution in [1.82, 2.24) is 0 Å². The van der Waals surface area contributed by atoms with E-state index in [9.17, 15) is 5.11 Å². The van der Waals surface area contributed by atoms with Crippen molar-refractivity contribution in [1.29, 1.82) is 0 Å². The Kier molecular flexibility index (Phi) is 3.43. The minimum absolute atomic E-state index is 0.171. The largest absolute Gasteiger partial charge is 0.506 e. The summed E-state index contributed by atoms with van der Waals surface area (Å²) < 4.78 is 1.05. The van der Waals surface area contributed by atoms with E-state index >= 15 is 0 Å². The number of halogens is 2. The summed E-state index contributed by atoms with van der Waals surface area (Å²) in [6.07, 6.45) is 5.54. The molecule has 2 aliphatic rings. The molecular weight excluding hydrogens is 362 g/mol. The first-order valence-corrected chi connectivity index (χ1v) is 8.52. The number of rotatable bonds is 1. The van der Waals surface area contributed by atoms with Gasteiger partial charge in [-0.2, -0.15) is 0 Å². The van der Waals surface area contributed by atoms with Crippen molar-refractivity contribution in [2.45, 2.75) is 18.4 Å². The zero-order valence-corrected chi connectivity index (χ0v) is 14.1. The topological polar surface area (TPSA) is 32.3 Å². The average molecular weight is 377 g/mol. The van der Waals surface area contributed by atoms with E-state index in [0.717, 1.165) is 27.2 Å². The molecule has 2 N–H and O–H groups in total. The number of anilines is 1. The first-order chi connectivity index (χ1) is 10.6. The lowest BCUT2D eigenvalue weighted by molar-refractivity contribution is 0.414. The fraction of sp³-hybridized carbons (Fsp3) is 0.222. The van der Waals surface area contributed by atoms with Gasteiger partial charge in [-0.3, -0.25) is 0 Å². The van der Waals surface area contributed by atoms with Gasteiger partial charge in [0.15, 0.2) is 0 Å². The summed E-state index contributed by atoms with van der Waals surface area (Å²) in [5, 5.41) is 14.6. The molecule has 0 saturated heterocycles. The Morgan fingerprint density at radius 1 is 1.14 bits per heavy atom. The zero-order valence-electron chi connectivity index (χ0n) is 11.8. The SMILES string of the molecule is Oc1ccc(Br)c2c1N[C@H](c1ccc(Cl)cc1)[C@H]1CC=C[C@@H]21. The van der Waals surface area contributed by atoms with Crippen molar-refractivity contribution >= 4 is 33.2 Å². The predicted molar refractivity (Wildman–Crippen MR) is 93.6 cm³/mol. The Hall–Kier alpha value is -1.45. The van der Waals surface area contributed by atoms with Crippen molar-refractivity contribution in [3.63, 3.8) is 0 Å². The molecule has 0 fully saturated rings. The lowest BCUT2D eigenvalue weighted by Crippen LogP contribution is -2.29. The molecule has 0 bridgehead atoms. The Morgan fingerprint density at radius 2 is 1.91 bits per heavy atom. The number of allylic oxidation sites excluding steroid dienone is 2. The molecule has 1 aliphatic carbocycles.